The van der Waals surface area contributed by atoms with E-state index in [0.717, 1.165) is 16.7 Å². The maximum Gasteiger partial charge on any atom is 0.335 e. The Kier molecular flexibility index (Phi) is 9.40. The summed E-state index contributed by atoms with van der Waals surface area (Å²) in [6.07, 6.45) is 3.60. The number of aliphatic hydroxyl groups is 1. The summed E-state index contributed by atoms with van der Waals surface area (Å²) in [4.78, 5) is 33.7. The molecule has 0 aliphatic rings. The van der Waals surface area contributed by atoms with Gasteiger partial charge in [0.15, 0.2) is 6.10 Å². The van der Waals surface area contributed by atoms with Gasteiger partial charge >= 0.3 is 5.97 Å². The molecule has 0 aliphatic heterocycles. The molecule has 0 aliphatic carbocycles. The van der Waals surface area contributed by atoms with Crippen LogP contribution >= 0.6 is 11.6 Å². The summed E-state index contributed by atoms with van der Waals surface area (Å²) in [5, 5.41) is 21.0. The van der Waals surface area contributed by atoms with Crippen molar-refractivity contribution in [3.8, 4) is 22.5 Å². The zero-order chi connectivity index (χ0) is 27.8. The molecule has 3 N–H and O–H groups in total. The Morgan fingerprint density at radius 2 is 1.85 bits per heavy atom. The molecule has 4 aromatic rings. The molecule has 0 fully saturated rings. The zero-order valence-electron chi connectivity index (χ0n) is 21.7. The quantitative estimate of drug-likeness (QED) is 0.236. The Balaban J connectivity index is 1.49. The maximum absolute atomic E-state index is 13.1. The Hall–Kier alpha value is -4.08. The van der Waals surface area contributed by atoms with E-state index >= 15 is 0 Å². The average molecular weight is 548 g/mol. The van der Waals surface area contributed by atoms with Crippen molar-refractivity contribution in [2.75, 3.05) is 6.61 Å². The highest BCUT2D eigenvalue weighted by Crippen LogP contribution is 2.24. The van der Waals surface area contributed by atoms with Crippen LogP contribution in [-0.4, -0.2) is 55.9 Å². The van der Waals surface area contributed by atoms with Gasteiger partial charge in [0.05, 0.1) is 12.8 Å². The molecule has 1 amide bonds. The van der Waals surface area contributed by atoms with Gasteiger partial charge < -0.3 is 15.2 Å². The maximum atomic E-state index is 13.1. The molecule has 39 heavy (non-hydrogen) atoms. The molecule has 0 bridgehead atoms. The van der Waals surface area contributed by atoms with E-state index in [-0.39, 0.29) is 24.6 Å². The number of amides is 1. The number of halogens is 1. The standard InChI is InChI=1S/C29H30ClN5O4/c1-18(2)17-39-29(38)27(36)14-23(12-19-6-8-20(9-7-19)21-4-3-5-22(30)13-21)33-28(37)25-15-24(34-35-25)26-16-31-10-11-32-26/h3-11,13,15-16,18,23,27,36H,12,14,17H2,1-2H3,(H,33,37)(H,34,35)/t23-,27-/m1/s1. The molecule has 2 aromatic carbocycles. The normalized spacial score (nSPS) is 12.6. The zero-order valence-corrected chi connectivity index (χ0v) is 22.4. The molecule has 0 unspecified atom stereocenters. The molecule has 2 heterocycles. The minimum Gasteiger partial charge on any atom is -0.464 e. The highest BCUT2D eigenvalue weighted by molar-refractivity contribution is 6.30. The minimum atomic E-state index is -1.39. The number of ether oxygens (including phenoxy) is 1. The summed E-state index contributed by atoms with van der Waals surface area (Å²) in [5.41, 5.74) is 4.10. The van der Waals surface area contributed by atoms with Crippen molar-refractivity contribution in [3.63, 3.8) is 0 Å². The van der Waals surface area contributed by atoms with Crippen LogP contribution in [0.5, 0.6) is 0 Å². The summed E-state index contributed by atoms with van der Waals surface area (Å²) in [6.45, 7) is 4.03. The molecular weight excluding hydrogens is 518 g/mol. The lowest BCUT2D eigenvalue weighted by Gasteiger charge is -2.21. The average Bonchev–Trinajstić information content (AvgIpc) is 3.43. The van der Waals surface area contributed by atoms with Crippen LogP contribution in [0.1, 0.15) is 36.3 Å². The Morgan fingerprint density at radius 1 is 1.05 bits per heavy atom. The predicted octanol–water partition coefficient (Wildman–Crippen LogP) is 4.48. The van der Waals surface area contributed by atoms with Gasteiger partial charge in [0.2, 0.25) is 0 Å². The minimum absolute atomic E-state index is 0.0239. The van der Waals surface area contributed by atoms with Crippen LogP contribution in [0.15, 0.2) is 73.2 Å². The van der Waals surface area contributed by atoms with E-state index in [9.17, 15) is 14.7 Å². The van der Waals surface area contributed by atoms with Crippen molar-refractivity contribution in [1.82, 2.24) is 25.5 Å². The highest BCUT2D eigenvalue weighted by atomic mass is 35.5. The number of H-pyrrole nitrogens is 1. The van der Waals surface area contributed by atoms with Gasteiger partial charge in [0.1, 0.15) is 17.1 Å². The second-order valence-corrected chi connectivity index (χ2v) is 10.1. The number of rotatable bonds is 11. The topological polar surface area (TPSA) is 130 Å². The largest absolute Gasteiger partial charge is 0.464 e. The third-order valence-electron chi connectivity index (χ3n) is 5.92. The van der Waals surface area contributed by atoms with E-state index < -0.39 is 24.0 Å². The lowest BCUT2D eigenvalue weighted by molar-refractivity contribution is -0.155. The van der Waals surface area contributed by atoms with Gasteiger partial charge in [-0.25, -0.2) is 4.79 Å². The molecular formula is C29H30ClN5O4. The molecule has 10 heteroatoms. The summed E-state index contributed by atoms with van der Waals surface area (Å²) in [5.74, 6) is -1.01. The van der Waals surface area contributed by atoms with Crippen LogP contribution in [0.3, 0.4) is 0 Å². The lowest BCUT2D eigenvalue weighted by atomic mass is 9.97. The number of aromatic nitrogens is 4. The molecule has 0 saturated heterocycles. The Labute approximate surface area is 231 Å². The monoisotopic (exact) mass is 547 g/mol. The fraction of sp³-hybridized carbons (Fsp3) is 0.276. The van der Waals surface area contributed by atoms with Gasteiger partial charge in [0.25, 0.3) is 5.91 Å². The van der Waals surface area contributed by atoms with Gasteiger partial charge in [-0.1, -0.05) is 61.8 Å². The van der Waals surface area contributed by atoms with Crippen molar-refractivity contribution in [2.24, 2.45) is 5.92 Å². The van der Waals surface area contributed by atoms with E-state index in [1.807, 2.05) is 62.4 Å². The first-order chi connectivity index (χ1) is 18.8. The third kappa shape index (κ3) is 7.95. The highest BCUT2D eigenvalue weighted by Gasteiger charge is 2.25. The van der Waals surface area contributed by atoms with Gasteiger partial charge in [-0.2, -0.15) is 5.10 Å². The van der Waals surface area contributed by atoms with Crippen LogP contribution in [-0.2, 0) is 16.0 Å². The fourth-order valence-electron chi connectivity index (χ4n) is 3.95. The number of aromatic amines is 1. The number of benzene rings is 2. The predicted molar refractivity (Wildman–Crippen MR) is 148 cm³/mol. The van der Waals surface area contributed by atoms with E-state index in [4.69, 9.17) is 16.3 Å². The third-order valence-corrected chi connectivity index (χ3v) is 6.15. The van der Waals surface area contributed by atoms with Crippen LogP contribution < -0.4 is 5.32 Å². The molecule has 202 valence electrons. The molecule has 0 radical (unpaired) electrons. The van der Waals surface area contributed by atoms with Crippen molar-refractivity contribution in [1.29, 1.82) is 0 Å². The number of hydrogen-bond donors (Lipinski definition) is 3. The number of esters is 1. The van der Waals surface area contributed by atoms with Crippen molar-refractivity contribution >= 4 is 23.5 Å². The van der Waals surface area contributed by atoms with E-state index in [0.29, 0.717) is 22.8 Å². The smallest absolute Gasteiger partial charge is 0.335 e. The number of carbonyl (C=O) groups excluding carboxylic acids is 2. The molecule has 4 rings (SSSR count). The summed E-state index contributed by atoms with van der Waals surface area (Å²) in [6, 6.07) is 16.4. The fourth-order valence-corrected chi connectivity index (χ4v) is 4.14. The first-order valence-electron chi connectivity index (χ1n) is 12.6. The van der Waals surface area contributed by atoms with Crippen LogP contribution in [0.2, 0.25) is 5.02 Å². The number of hydrogen-bond acceptors (Lipinski definition) is 7. The van der Waals surface area contributed by atoms with E-state index in [2.05, 4.69) is 25.5 Å². The van der Waals surface area contributed by atoms with Crippen LogP contribution in [0.4, 0.5) is 0 Å². The van der Waals surface area contributed by atoms with Crippen LogP contribution in [0, 0.1) is 5.92 Å². The van der Waals surface area contributed by atoms with Gasteiger partial charge in [0, 0.05) is 29.9 Å². The van der Waals surface area contributed by atoms with Crippen LogP contribution in [0.25, 0.3) is 22.5 Å². The Morgan fingerprint density at radius 3 is 2.54 bits per heavy atom. The first-order valence-corrected chi connectivity index (χ1v) is 13.0. The number of aliphatic hydroxyl groups excluding tert-OH is 1. The second kappa shape index (κ2) is 13.1. The molecule has 2 aromatic heterocycles. The summed E-state index contributed by atoms with van der Waals surface area (Å²) >= 11 is 6.13. The van der Waals surface area contributed by atoms with E-state index in [1.54, 1.807) is 18.5 Å². The molecule has 0 saturated carbocycles. The SMILES string of the molecule is CC(C)COC(=O)[C@H](O)C[C@@H](Cc1ccc(-c2cccc(Cl)c2)cc1)NC(=O)c1cc(-c2cnccn2)n[nH]1. The molecule has 0 spiro atoms. The molecule has 2 atom stereocenters. The van der Waals surface area contributed by atoms with Gasteiger partial charge in [-0.3, -0.25) is 19.9 Å². The van der Waals surface area contributed by atoms with Crippen molar-refractivity contribution < 1.29 is 19.4 Å². The summed E-state index contributed by atoms with van der Waals surface area (Å²) < 4.78 is 5.19. The van der Waals surface area contributed by atoms with E-state index in [1.165, 1.54) is 6.20 Å². The number of nitrogens with one attached hydrogen (secondary N) is 2. The lowest BCUT2D eigenvalue weighted by Crippen LogP contribution is -2.41. The van der Waals surface area contributed by atoms with Crippen molar-refractivity contribution in [3.05, 3.63) is 89.5 Å². The first kappa shape index (κ1) is 27.9. The second-order valence-electron chi connectivity index (χ2n) is 9.61. The number of carbonyl (C=O) groups is 2. The van der Waals surface area contributed by atoms with Crippen molar-refractivity contribution in [2.45, 2.75) is 38.8 Å². The number of nitrogens with zero attached hydrogens (tertiary/aromatic N) is 3. The van der Waals surface area contributed by atoms with Gasteiger partial charge in [-0.05, 0) is 47.2 Å². The van der Waals surface area contributed by atoms with Gasteiger partial charge in [-0.15, -0.1) is 0 Å². The molecule has 9 nitrogen and oxygen atoms in total. The Bertz CT molecular complexity index is 1390. The summed E-state index contributed by atoms with van der Waals surface area (Å²) in [7, 11) is 0.